The second-order valence-corrected chi connectivity index (χ2v) is 10.6. The lowest BCUT2D eigenvalue weighted by Gasteiger charge is -2.40. The van der Waals surface area contributed by atoms with Crippen molar-refractivity contribution in [1.29, 1.82) is 0 Å². The predicted octanol–water partition coefficient (Wildman–Crippen LogP) is 10.6. The fourth-order valence-electron chi connectivity index (χ4n) is 4.94. The molecule has 0 bridgehead atoms. The molecule has 1 atom stereocenters. The minimum absolute atomic E-state index is 0.102. The van der Waals surface area contributed by atoms with Crippen LogP contribution < -0.4 is 0 Å². The minimum Gasteiger partial charge on any atom is -0.129 e. The maximum Gasteiger partial charge on any atom is 0.0145 e. The van der Waals surface area contributed by atoms with Crippen molar-refractivity contribution in [2.24, 2.45) is 11.8 Å². The van der Waals surface area contributed by atoms with E-state index in [0.29, 0.717) is 11.8 Å². The molecule has 1 heteroatoms. The Bertz CT molecular complexity index is 845. The molecule has 0 aliphatic heterocycles. The highest BCUT2D eigenvalue weighted by Gasteiger charge is 2.37. The number of hydrogen-bond donors (Lipinski definition) is 0. The molecular weight excluding hydrogens is 416 g/mol. The van der Waals surface area contributed by atoms with Crippen molar-refractivity contribution >= 4 is 17.8 Å². The first-order valence-corrected chi connectivity index (χ1v) is 14.4. The van der Waals surface area contributed by atoms with Crippen molar-refractivity contribution < 1.29 is 0 Å². The van der Waals surface area contributed by atoms with E-state index in [1.807, 2.05) is 25.6 Å². The third-order valence-corrected chi connectivity index (χ3v) is 7.19. The van der Waals surface area contributed by atoms with Crippen LogP contribution in [0.4, 0.5) is 0 Å². The van der Waals surface area contributed by atoms with E-state index in [-0.39, 0.29) is 5.41 Å². The molecule has 33 heavy (non-hydrogen) atoms. The van der Waals surface area contributed by atoms with Gasteiger partial charge in [0, 0.05) is 10.3 Å². The molecule has 184 valence electrons. The van der Waals surface area contributed by atoms with Crippen LogP contribution in [0.3, 0.4) is 0 Å². The summed E-state index contributed by atoms with van der Waals surface area (Å²) in [7, 11) is 0. The van der Waals surface area contributed by atoms with Gasteiger partial charge in [0.05, 0.1) is 0 Å². The van der Waals surface area contributed by atoms with E-state index in [1.54, 1.807) is 16.7 Å². The van der Waals surface area contributed by atoms with Gasteiger partial charge in [-0.1, -0.05) is 115 Å². The zero-order valence-corrected chi connectivity index (χ0v) is 24.0. The van der Waals surface area contributed by atoms with E-state index in [2.05, 4.69) is 103 Å². The van der Waals surface area contributed by atoms with Crippen LogP contribution in [-0.4, -0.2) is 6.26 Å². The van der Waals surface area contributed by atoms with Crippen LogP contribution >= 0.6 is 11.8 Å². The van der Waals surface area contributed by atoms with Gasteiger partial charge in [-0.15, -0.1) is 11.8 Å². The van der Waals surface area contributed by atoms with Crippen LogP contribution in [0.15, 0.2) is 58.6 Å². The number of fused-ring (bicyclic) bond motifs is 1. The first-order valence-electron chi connectivity index (χ1n) is 13.2. The number of hydrogen-bond acceptors (Lipinski definition) is 1. The molecule has 0 fully saturated rings. The van der Waals surface area contributed by atoms with Gasteiger partial charge in [0.25, 0.3) is 0 Å². The first kappa shape index (κ1) is 29.6. The van der Waals surface area contributed by atoms with E-state index in [9.17, 15) is 0 Å². The third-order valence-electron chi connectivity index (χ3n) is 6.40. The third kappa shape index (κ3) is 7.51. The van der Waals surface area contributed by atoms with Gasteiger partial charge in [-0.2, -0.15) is 0 Å². The van der Waals surface area contributed by atoms with Gasteiger partial charge in [0.1, 0.15) is 0 Å². The summed E-state index contributed by atoms with van der Waals surface area (Å²) in [5.74, 6) is 1.26. The van der Waals surface area contributed by atoms with Gasteiger partial charge in [-0.25, -0.2) is 0 Å². The second-order valence-electron chi connectivity index (χ2n) is 9.74. The van der Waals surface area contributed by atoms with Gasteiger partial charge in [0.2, 0.25) is 0 Å². The molecule has 0 saturated heterocycles. The Labute approximate surface area is 210 Å². The highest BCUT2D eigenvalue weighted by Crippen LogP contribution is 2.49. The lowest BCUT2D eigenvalue weighted by atomic mass is 9.65. The maximum atomic E-state index is 2.44. The summed E-state index contributed by atoms with van der Waals surface area (Å²) in [6.45, 7) is 19.8. The monoisotopic (exact) mass is 466 g/mol. The van der Waals surface area contributed by atoms with Gasteiger partial charge in [0.15, 0.2) is 0 Å². The molecule has 0 radical (unpaired) electrons. The highest BCUT2D eigenvalue weighted by atomic mass is 32.2. The molecule has 0 aromatic heterocycles. The van der Waals surface area contributed by atoms with E-state index in [1.165, 1.54) is 28.9 Å². The number of thioether (sulfide) groups is 1. The summed E-state index contributed by atoms with van der Waals surface area (Å²) in [4.78, 5) is 1.40. The van der Waals surface area contributed by atoms with Crippen molar-refractivity contribution in [2.75, 3.05) is 6.26 Å². The molecule has 0 amide bonds. The molecule has 0 nitrogen and oxygen atoms in total. The molecule has 1 aromatic rings. The summed E-state index contributed by atoms with van der Waals surface area (Å²) in [6.07, 6.45) is 22.2. The van der Waals surface area contributed by atoms with Crippen LogP contribution in [0.5, 0.6) is 0 Å². The van der Waals surface area contributed by atoms with Crippen molar-refractivity contribution in [3.63, 3.8) is 0 Å². The zero-order chi connectivity index (χ0) is 25.0. The largest absolute Gasteiger partial charge is 0.129 e. The van der Waals surface area contributed by atoms with E-state index in [4.69, 9.17) is 0 Å². The zero-order valence-electron chi connectivity index (χ0n) is 23.2. The average Bonchev–Trinajstić information content (AvgIpc) is 2.99. The molecule has 0 heterocycles. The number of benzene rings is 1. The quantitative estimate of drug-likeness (QED) is 0.307. The topological polar surface area (TPSA) is 0 Å². The average molecular weight is 467 g/mol. The fourth-order valence-corrected chi connectivity index (χ4v) is 5.56. The lowest BCUT2D eigenvalue weighted by Crippen LogP contribution is -2.30. The smallest absolute Gasteiger partial charge is 0.0145 e. The fraction of sp³-hybridized carbons (Fsp3) is 0.562. The molecule has 3 rings (SSSR count). The first-order chi connectivity index (χ1) is 15.8. The standard InChI is InChI=1S/C27H36S.C3H8.C2H6/c1-7-11-21-23-18-22-20(14-10-12-19(2)3)13-8-9-15-24(22)27(4,5)25(23)16-17-26(21)28-6;1-3-2;1-2/h7-12,16-17,19-20H,13-15,18H2,1-6H3;3H2,1-2H3;1-2H3/b11-7-,12-10?;;. The Hall–Kier alpha value is -1.47. The van der Waals surface area contributed by atoms with Crippen molar-refractivity contribution in [3.05, 3.63) is 70.3 Å². The van der Waals surface area contributed by atoms with Crippen LogP contribution in [0.2, 0.25) is 0 Å². The highest BCUT2D eigenvalue weighted by molar-refractivity contribution is 7.98. The molecule has 2 aliphatic rings. The molecule has 0 spiro atoms. The molecule has 2 aliphatic carbocycles. The summed E-state index contributed by atoms with van der Waals surface area (Å²) in [6, 6.07) is 4.74. The lowest BCUT2D eigenvalue weighted by molar-refractivity contribution is 0.529. The molecule has 1 unspecified atom stereocenters. The van der Waals surface area contributed by atoms with Crippen LogP contribution in [0.25, 0.3) is 6.08 Å². The molecule has 0 N–H and O–H groups in total. The Morgan fingerprint density at radius 1 is 1.12 bits per heavy atom. The Morgan fingerprint density at radius 2 is 1.79 bits per heavy atom. The van der Waals surface area contributed by atoms with E-state index >= 15 is 0 Å². The van der Waals surface area contributed by atoms with E-state index < -0.39 is 0 Å². The van der Waals surface area contributed by atoms with Gasteiger partial charge in [-0.05, 0) is 73.5 Å². The summed E-state index contributed by atoms with van der Waals surface area (Å²) in [5, 5.41) is 0. The van der Waals surface area contributed by atoms with Crippen LogP contribution in [0.1, 0.15) is 105 Å². The van der Waals surface area contributed by atoms with Gasteiger partial charge in [-0.3, -0.25) is 0 Å². The van der Waals surface area contributed by atoms with Crippen molar-refractivity contribution in [2.45, 2.75) is 105 Å². The Balaban J connectivity index is 0.00000101. The molecule has 1 aromatic carbocycles. The maximum absolute atomic E-state index is 2.44. The van der Waals surface area contributed by atoms with Gasteiger partial charge >= 0.3 is 0 Å². The second kappa shape index (κ2) is 14.7. The van der Waals surface area contributed by atoms with E-state index in [0.717, 1.165) is 19.3 Å². The summed E-state index contributed by atoms with van der Waals surface area (Å²) < 4.78 is 0. The van der Waals surface area contributed by atoms with Crippen LogP contribution in [0, 0.1) is 11.8 Å². The normalized spacial score (nSPS) is 18.9. The van der Waals surface area contributed by atoms with Crippen LogP contribution in [-0.2, 0) is 11.8 Å². The Morgan fingerprint density at radius 3 is 2.36 bits per heavy atom. The SMILES string of the molecule is C/C=C\c1c(SC)ccc2c1CC1=C(CC=CCC1CC=CC(C)C)C2(C)C.CC.CCC. The number of allylic oxidation sites excluding steroid dienone is 7. The number of rotatable bonds is 5. The Kier molecular flexibility index (Phi) is 13.2. The summed E-state index contributed by atoms with van der Waals surface area (Å²) in [5.41, 5.74) is 8.02. The van der Waals surface area contributed by atoms with Crippen molar-refractivity contribution in [1.82, 2.24) is 0 Å². The predicted molar refractivity (Wildman–Crippen MR) is 154 cm³/mol. The van der Waals surface area contributed by atoms with Crippen molar-refractivity contribution in [3.8, 4) is 0 Å². The summed E-state index contributed by atoms with van der Waals surface area (Å²) >= 11 is 1.87. The van der Waals surface area contributed by atoms with Gasteiger partial charge < -0.3 is 0 Å². The molecular formula is C32H50S. The minimum atomic E-state index is 0.102. The molecule has 0 saturated carbocycles.